The van der Waals surface area contributed by atoms with Gasteiger partial charge in [0.05, 0.1) is 23.3 Å². The van der Waals surface area contributed by atoms with Gasteiger partial charge in [0.15, 0.2) is 0 Å². The topological polar surface area (TPSA) is 67.8 Å². The van der Waals surface area contributed by atoms with Gasteiger partial charge in [-0.05, 0) is 13.3 Å². The van der Waals surface area contributed by atoms with Crippen LogP contribution in [0.15, 0.2) is 11.6 Å². The van der Waals surface area contributed by atoms with Crippen LogP contribution < -0.4 is 0 Å². The highest BCUT2D eigenvalue weighted by molar-refractivity contribution is 5.34. The first-order valence-corrected chi connectivity index (χ1v) is 3.31. The molecule has 0 saturated carbocycles. The molecule has 3 nitrogen and oxygen atoms in total. The molecule has 1 unspecified atom stereocenters. The quantitative estimate of drug-likeness (QED) is 0.600. The van der Waals surface area contributed by atoms with Gasteiger partial charge in [-0.3, -0.25) is 0 Å². The lowest BCUT2D eigenvalue weighted by molar-refractivity contribution is 0.0993. The molecule has 0 fully saturated rings. The van der Waals surface area contributed by atoms with Gasteiger partial charge in [-0.15, -0.1) is 0 Å². The molecule has 0 bridgehead atoms. The molecule has 1 atom stereocenters. The van der Waals surface area contributed by atoms with Crippen LogP contribution in [0.3, 0.4) is 0 Å². The molecule has 58 valence electrons. The third kappa shape index (κ3) is 2.41. The number of nitrogens with zero attached hydrogens (tertiary/aromatic N) is 2. The third-order valence-corrected chi connectivity index (χ3v) is 1.60. The van der Waals surface area contributed by atoms with E-state index >= 15 is 0 Å². The fourth-order valence-corrected chi connectivity index (χ4v) is 0.563. The minimum absolute atomic E-state index is 0.113. The van der Waals surface area contributed by atoms with Crippen molar-refractivity contribution in [1.82, 2.24) is 0 Å². The molecule has 11 heavy (non-hydrogen) atoms. The number of aliphatic hydroxyl groups is 1. The largest absolute Gasteiger partial charge is 0.385 e. The van der Waals surface area contributed by atoms with Crippen LogP contribution in [0.25, 0.3) is 0 Å². The standard InChI is InChI=1S/C8H10N2O/c1-3-8(2,11)7(6-10)4-5-9/h4,11H,3H2,1-2H3/b7-4+. The Hall–Kier alpha value is -1.32. The summed E-state index contributed by atoms with van der Waals surface area (Å²) in [6.07, 6.45) is 1.50. The number of rotatable bonds is 2. The van der Waals surface area contributed by atoms with Gasteiger partial charge in [0, 0.05) is 6.08 Å². The van der Waals surface area contributed by atoms with E-state index in [1.165, 1.54) is 6.92 Å². The van der Waals surface area contributed by atoms with Crippen LogP contribution in [0.5, 0.6) is 0 Å². The Kier molecular flexibility index (Phi) is 3.30. The summed E-state index contributed by atoms with van der Waals surface area (Å²) in [5.41, 5.74) is -1.05. The average molecular weight is 150 g/mol. The van der Waals surface area contributed by atoms with Gasteiger partial charge in [-0.2, -0.15) is 10.5 Å². The van der Waals surface area contributed by atoms with Gasteiger partial charge in [0.25, 0.3) is 0 Å². The molecule has 0 spiro atoms. The van der Waals surface area contributed by atoms with E-state index in [-0.39, 0.29) is 5.57 Å². The minimum atomic E-state index is -1.16. The Balaban J connectivity index is 4.71. The Morgan fingerprint density at radius 3 is 2.45 bits per heavy atom. The molecule has 0 aliphatic carbocycles. The van der Waals surface area contributed by atoms with E-state index in [1.54, 1.807) is 19.1 Å². The first-order valence-electron chi connectivity index (χ1n) is 3.31. The summed E-state index contributed by atoms with van der Waals surface area (Å²) in [4.78, 5) is 0. The molecule has 0 aromatic heterocycles. The van der Waals surface area contributed by atoms with E-state index in [0.717, 1.165) is 6.08 Å². The van der Waals surface area contributed by atoms with E-state index in [2.05, 4.69) is 0 Å². The van der Waals surface area contributed by atoms with E-state index in [9.17, 15) is 5.11 Å². The van der Waals surface area contributed by atoms with Gasteiger partial charge >= 0.3 is 0 Å². The van der Waals surface area contributed by atoms with Crippen molar-refractivity contribution in [2.75, 3.05) is 0 Å². The van der Waals surface area contributed by atoms with Crippen LogP contribution in [-0.4, -0.2) is 10.7 Å². The lowest BCUT2D eigenvalue weighted by Gasteiger charge is -2.18. The number of nitriles is 2. The zero-order valence-electron chi connectivity index (χ0n) is 6.63. The number of hydrogen-bond acceptors (Lipinski definition) is 3. The summed E-state index contributed by atoms with van der Waals surface area (Å²) in [5, 5.41) is 26.2. The highest BCUT2D eigenvalue weighted by Crippen LogP contribution is 2.18. The SMILES string of the molecule is CCC(C)(O)/C(C#N)=C/C#N. The smallest absolute Gasteiger partial charge is 0.0985 e. The zero-order chi connectivity index (χ0) is 8.91. The molecule has 0 aromatic carbocycles. The monoisotopic (exact) mass is 150 g/mol. The van der Waals surface area contributed by atoms with Gasteiger partial charge in [0.1, 0.15) is 0 Å². The van der Waals surface area contributed by atoms with Crippen molar-refractivity contribution in [2.24, 2.45) is 0 Å². The Morgan fingerprint density at radius 2 is 2.18 bits per heavy atom. The number of hydrogen-bond donors (Lipinski definition) is 1. The molecule has 0 aliphatic rings. The van der Waals surface area contributed by atoms with Crippen LogP contribution in [0, 0.1) is 22.7 Å². The molecular formula is C8H10N2O. The van der Waals surface area contributed by atoms with Crippen LogP contribution in [0.1, 0.15) is 20.3 Å². The Morgan fingerprint density at radius 1 is 1.64 bits per heavy atom. The average Bonchev–Trinajstić information content (AvgIpc) is 2.00. The van der Waals surface area contributed by atoms with E-state index in [1.807, 2.05) is 0 Å². The first-order chi connectivity index (χ1) is 5.08. The van der Waals surface area contributed by atoms with Crippen molar-refractivity contribution >= 4 is 0 Å². The fraction of sp³-hybridized carbons (Fsp3) is 0.500. The zero-order valence-corrected chi connectivity index (χ0v) is 6.63. The second-order valence-electron chi connectivity index (χ2n) is 2.43. The first kappa shape index (κ1) is 9.68. The lowest BCUT2D eigenvalue weighted by atomic mass is 9.94. The fourth-order valence-electron chi connectivity index (χ4n) is 0.563. The summed E-state index contributed by atoms with van der Waals surface area (Å²) in [6, 6.07) is 3.50. The predicted octanol–water partition coefficient (Wildman–Crippen LogP) is 1.12. The summed E-state index contributed by atoms with van der Waals surface area (Å²) in [7, 11) is 0. The highest BCUT2D eigenvalue weighted by atomic mass is 16.3. The van der Waals surface area contributed by atoms with Crippen molar-refractivity contribution in [3.05, 3.63) is 11.6 Å². The summed E-state index contributed by atoms with van der Waals surface area (Å²) < 4.78 is 0. The van der Waals surface area contributed by atoms with E-state index in [0.29, 0.717) is 6.42 Å². The van der Waals surface area contributed by atoms with Crippen LogP contribution in [0.2, 0.25) is 0 Å². The van der Waals surface area contributed by atoms with Gasteiger partial charge < -0.3 is 5.11 Å². The molecule has 0 radical (unpaired) electrons. The van der Waals surface area contributed by atoms with Gasteiger partial charge in [-0.1, -0.05) is 6.92 Å². The Bertz CT molecular complexity index is 240. The maximum atomic E-state index is 9.47. The minimum Gasteiger partial charge on any atom is -0.385 e. The normalized spacial score (nSPS) is 16.3. The molecule has 0 rings (SSSR count). The molecule has 3 heteroatoms. The van der Waals surface area contributed by atoms with Crippen molar-refractivity contribution in [2.45, 2.75) is 25.9 Å². The van der Waals surface area contributed by atoms with Gasteiger partial charge in [-0.25, -0.2) is 0 Å². The van der Waals surface area contributed by atoms with Crippen LogP contribution in [-0.2, 0) is 0 Å². The lowest BCUT2D eigenvalue weighted by Crippen LogP contribution is -2.24. The molecule has 0 amide bonds. The number of allylic oxidation sites excluding steroid dienone is 1. The third-order valence-electron chi connectivity index (χ3n) is 1.60. The molecule has 0 saturated heterocycles. The maximum Gasteiger partial charge on any atom is 0.0985 e. The summed E-state index contributed by atoms with van der Waals surface area (Å²) >= 11 is 0. The molecule has 0 heterocycles. The second kappa shape index (κ2) is 3.75. The molecule has 0 aromatic rings. The van der Waals surface area contributed by atoms with Crippen LogP contribution in [0.4, 0.5) is 0 Å². The second-order valence-corrected chi connectivity index (χ2v) is 2.43. The molecule has 0 aliphatic heterocycles. The highest BCUT2D eigenvalue weighted by Gasteiger charge is 2.22. The maximum absolute atomic E-state index is 9.47. The van der Waals surface area contributed by atoms with Crippen molar-refractivity contribution in [3.63, 3.8) is 0 Å². The van der Waals surface area contributed by atoms with Gasteiger partial charge in [0.2, 0.25) is 0 Å². The van der Waals surface area contributed by atoms with Crippen molar-refractivity contribution in [1.29, 1.82) is 10.5 Å². The molecular weight excluding hydrogens is 140 g/mol. The predicted molar refractivity (Wildman–Crippen MR) is 40.2 cm³/mol. The van der Waals surface area contributed by atoms with E-state index in [4.69, 9.17) is 10.5 Å². The summed E-state index contributed by atoms with van der Waals surface area (Å²) in [6.45, 7) is 3.27. The summed E-state index contributed by atoms with van der Waals surface area (Å²) in [5.74, 6) is 0. The van der Waals surface area contributed by atoms with Crippen molar-refractivity contribution < 1.29 is 5.11 Å². The van der Waals surface area contributed by atoms with Crippen LogP contribution >= 0.6 is 0 Å². The Labute approximate surface area is 66.2 Å². The van der Waals surface area contributed by atoms with Crippen molar-refractivity contribution in [3.8, 4) is 12.1 Å². The van der Waals surface area contributed by atoms with E-state index < -0.39 is 5.60 Å². The molecule has 1 N–H and O–H groups in total.